The molecule has 1 heterocycles. The number of alkyl halides is 3. The number of amides is 1. The summed E-state index contributed by atoms with van der Waals surface area (Å²) in [5, 5.41) is 7.19. The van der Waals surface area contributed by atoms with E-state index in [1.807, 2.05) is 0 Å². The summed E-state index contributed by atoms with van der Waals surface area (Å²) in [6.07, 6.45) is -4.55. The Balaban J connectivity index is 1.80. The summed E-state index contributed by atoms with van der Waals surface area (Å²) in [7, 11) is 1.51. The highest BCUT2D eigenvalue weighted by atomic mass is 19.4. The molecule has 6 nitrogen and oxygen atoms in total. The Morgan fingerprint density at radius 2 is 1.66 bits per heavy atom. The molecule has 4 aromatic rings. The fraction of sp³-hybridized carbons (Fsp3) is 0.0870. The standard InChI is InChI=1S/C23H16F3N3O3/c1-32-17-11-9-16(10-12-17)29-22(31)19-8-3-2-7-18(19)20(28-29)21(30)27-15-6-4-5-14(13-15)23(24,25)26/h2-13H,1H3,(H,27,30). The normalized spacial score (nSPS) is 11.4. The number of carbonyl (C=O) groups excluding carboxylic acids is 1. The van der Waals surface area contributed by atoms with E-state index in [9.17, 15) is 22.8 Å². The number of rotatable bonds is 4. The van der Waals surface area contributed by atoms with Crippen LogP contribution in [0.25, 0.3) is 16.5 Å². The third-order valence-corrected chi connectivity index (χ3v) is 4.78. The van der Waals surface area contributed by atoms with Crippen molar-refractivity contribution in [1.29, 1.82) is 0 Å². The van der Waals surface area contributed by atoms with Gasteiger partial charge in [-0.05, 0) is 48.5 Å². The third-order valence-electron chi connectivity index (χ3n) is 4.78. The molecule has 1 N–H and O–H groups in total. The number of methoxy groups -OCH3 is 1. The van der Waals surface area contributed by atoms with E-state index in [-0.39, 0.29) is 22.2 Å². The van der Waals surface area contributed by atoms with Crippen LogP contribution in [0.15, 0.2) is 77.6 Å². The minimum atomic E-state index is -4.55. The highest BCUT2D eigenvalue weighted by Crippen LogP contribution is 2.31. The van der Waals surface area contributed by atoms with E-state index < -0.39 is 23.2 Å². The fourth-order valence-corrected chi connectivity index (χ4v) is 3.22. The van der Waals surface area contributed by atoms with Gasteiger partial charge in [0.2, 0.25) is 0 Å². The van der Waals surface area contributed by atoms with Crippen molar-refractivity contribution >= 4 is 22.4 Å². The Morgan fingerprint density at radius 3 is 2.31 bits per heavy atom. The van der Waals surface area contributed by atoms with Gasteiger partial charge in [-0.2, -0.15) is 23.0 Å². The van der Waals surface area contributed by atoms with Gasteiger partial charge in [-0.1, -0.05) is 24.3 Å². The van der Waals surface area contributed by atoms with Crippen LogP contribution >= 0.6 is 0 Å². The topological polar surface area (TPSA) is 73.2 Å². The number of ether oxygens (including phenoxy) is 1. The van der Waals surface area contributed by atoms with Crippen LogP contribution in [0.1, 0.15) is 16.1 Å². The molecule has 3 aromatic carbocycles. The van der Waals surface area contributed by atoms with Crippen LogP contribution in [-0.2, 0) is 6.18 Å². The summed E-state index contributed by atoms with van der Waals surface area (Å²) < 4.78 is 45.2. The highest BCUT2D eigenvalue weighted by molar-refractivity contribution is 6.11. The number of anilines is 1. The van der Waals surface area contributed by atoms with E-state index in [2.05, 4.69) is 10.4 Å². The van der Waals surface area contributed by atoms with Gasteiger partial charge in [0, 0.05) is 11.1 Å². The van der Waals surface area contributed by atoms with Gasteiger partial charge in [-0.25, -0.2) is 0 Å². The molecule has 0 atom stereocenters. The molecular weight excluding hydrogens is 423 g/mol. The molecule has 0 bridgehead atoms. The summed E-state index contributed by atoms with van der Waals surface area (Å²) in [5.74, 6) is -0.173. The number of nitrogens with zero attached hydrogens (tertiary/aromatic N) is 2. The number of hydrogen-bond acceptors (Lipinski definition) is 4. The molecule has 32 heavy (non-hydrogen) atoms. The Kier molecular flexibility index (Phi) is 5.40. The van der Waals surface area contributed by atoms with Crippen LogP contribution in [0.4, 0.5) is 18.9 Å². The van der Waals surface area contributed by atoms with Crippen LogP contribution in [0.5, 0.6) is 5.75 Å². The van der Waals surface area contributed by atoms with Gasteiger partial charge in [0.1, 0.15) is 5.75 Å². The van der Waals surface area contributed by atoms with Crippen LogP contribution in [-0.4, -0.2) is 22.8 Å². The number of nitrogens with one attached hydrogen (secondary N) is 1. The van der Waals surface area contributed by atoms with Crippen molar-refractivity contribution in [3.05, 3.63) is 94.4 Å². The molecule has 9 heteroatoms. The maximum atomic E-state index is 13.0. The van der Waals surface area contributed by atoms with E-state index in [1.54, 1.807) is 48.5 Å². The van der Waals surface area contributed by atoms with Crippen molar-refractivity contribution in [1.82, 2.24) is 9.78 Å². The summed E-state index contributed by atoms with van der Waals surface area (Å²) in [6.45, 7) is 0. The Bertz CT molecular complexity index is 1360. The smallest absolute Gasteiger partial charge is 0.416 e. The lowest BCUT2D eigenvalue weighted by Crippen LogP contribution is -2.26. The zero-order valence-electron chi connectivity index (χ0n) is 16.7. The van der Waals surface area contributed by atoms with Gasteiger partial charge in [0.25, 0.3) is 11.5 Å². The van der Waals surface area contributed by atoms with Gasteiger partial charge < -0.3 is 10.1 Å². The van der Waals surface area contributed by atoms with Crippen molar-refractivity contribution in [3.63, 3.8) is 0 Å². The molecule has 0 aliphatic heterocycles. The summed E-state index contributed by atoms with van der Waals surface area (Å²) in [4.78, 5) is 26.0. The average molecular weight is 439 g/mol. The van der Waals surface area contributed by atoms with Crippen molar-refractivity contribution in [3.8, 4) is 11.4 Å². The number of hydrogen-bond donors (Lipinski definition) is 1. The van der Waals surface area contributed by atoms with E-state index in [0.29, 0.717) is 11.4 Å². The quantitative estimate of drug-likeness (QED) is 0.502. The zero-order chi connectivity index (χ0) is 22.9. The number of fused-ring (bicyclic) bond motifs is 1. The maximum absolute atomic E-state index is 13.0. The fourth-order valence-electron chi connectivity index (χ4n) is 3.22. The lowest BCUT2D eigenvalue weighted by Gasteiger charge is -2.13. The number of aromatic nitrogens is 2. The highest BCUT2D eigenvalue weighted by Gasteiger charge is 2.30. The molecule has 1 amide bonds. The van der Waals surface area contributed by atoms with Gasteiger partial charge in [-0.3, -0.25) is 9.59 Å². The lowest BCUT2D eigenvalue weighted by molar-refractivity contribution is -0.137. The maximum Gasteiger partial charge on any atom is 0.416 e. The van der Waals surface area contributed by atoms with Crippen LogP contribution < -0.4 is 15.6 Å². The number of carbonyl (C=O) groups is 1. The van der Waals surface area contributed by atoms with Crippen LogP contribution in [0.3, 0.4) is 0 Å². The van der Waals surface area contributed by atoms with E-state index in [1.165, 1.54) is 19.2 Å². The van der Waals surface area contributed by atoms with Gasteiger partial charge in [0.05, 0.1) is 23.7 Å². The monoisotopic (exact) mass is 439 g/mol. The van der Waals surface area contributed by atoms with Gasteiger partial charge >= 0.3 is 6.18 Å². The summed E-state index contributed by atoms with van der Waals surface area (Å²) >= 11 is 0. The van der Waals surface area contributed by atoms with E-state index in [4.69, 9.17) is 4.74 Å². The second kappa shape index (κ2) is 8.18. The largest absolute Gasteiger partial charge is 0.497 e. The molecule has 1 aromatic heterocycles. The first-order chi connectivity index (χ1) is 15.3. The van der Waals surface area contributed by atoms with E-state index >= 15 is 0 Å². The average Bonchev–Trinajstić information content (AvgIpc) is 2.79. The molecule has 0 spiro atoms. The first kappa shape index (κ1) is 21.1. The van der Waals surface area contributed by atoms with Crippen molar-refractivity contribution in [2.75, 3.05) is 12.4 Å². The summed E-state index contributed by atoms with van der Waals surface area (Å²) in [6, 6.07) is 17.2. The van der Waals surface area contributed by atoms with Crippen molar-refractivity contribution < 1.29 is 22.7 Å². The van der Waals surface area contributed by atoms with Crippen molar-refractivity contribution in [2.24, 2.45) is 0 Å². The zero-order valence-corrected chi connectivity index (χ0v) is 16.7. The molecule has 162 valence electrons. The van der Waals surface area contributed by atoms with E-state index in [0.717, 1.165) is 16.8 Å². The molecule has 0 fully saturated rings. The molecule has 4 rings (SSSR count). The van der Waals surface area contributed by atoms with Crippen LogP contribution in [0.2, 0.25) is 0 Å². The predicted octanol–water partition coefficient (Wildman–Crippen LogP) is 4.67. The third kappa shape index (κ3) is 4.04. The summed E-state index contributed by atoms with van der Waals surface area (Å²) in [5.41, 5.74) is -1.08. The van der Waals surface area contributed by atoms with Gasteiger partial charge in [0.15, 0.2) is 5.69 Å². The Hall–Kier alpha value is -4.14. The van der Waals surface area contributed by atoms with Gasteiger partial charge in [-0.15, -0.1) is 0 Å². The number of benzene rings is 3. The van der Waals surface area contributed by atoms with Crippen molar-refractivity contribution in [2.45, 2.75) is 6.18 Å². The molecule has 0 aliphatic carbocycles. The SMILES string of the molecule is COc1ccc(-n2nc(C(=O)Nc3cccc(C(F)(F)F)c3)c3ccccc3c2=O)cc1. The second-order valence-corrected chi connectivity index (χ2v) is 6.84. The molecule has 0 unspecified atom stereocenters. The molecular formula is C23H16F3N3O3. The molecule has 0 radical (unpaired) electrons. The number of halogens is 3. The predicted molar refractivity (Wildman–Crippen MR) is 113 cm³/mol. The second-order valence-electron chi connectivity index (χ2n) is 6.84. The lowest BCUT2D eigenvalue weighted by atomic mass is 10.1. The first-order valence-electron chi connectivity index (χ1n) is 9.43. The minimum absolute atomic E-state index is 0.0436. The molecule has 0 saturated heterocycles. The minimum Gasteiger partial charge on any atom is -0.497 e. The Morgan fingerprint density at radius 1 is 0.969 bits per heavy atom. The van der Waals surface area contributed by atoms with Crippen LogP contribution in [0, 0.1) is 0 Å². The Labute approximate surface area is 179 Å². The molecule has 0 aliphatic rings. The molecule has 0 saturated carbocycles. The first-order valence-corrected chi connectivity index (χ1v) is 9.43.